The van der Waals surface area contributed by atoms with Gasteiger partial charge in [-0.2, -0.15) is 0 Å². The van der Waals surface area contributed by atoms with Crippen molar-refractivity contribution in [3.8, 4) is 0 Å². The zero-order valence-electron chi connectivity index (χ0n) is 11.3. The number of furan rings is 1. The zero-order valence-corrected chi connectivity index (χ0v) is 11.3. The highest BCUT2D eigenvalue weighted by molar-refractivity contribution is 5.76. The molecule has 0 saturated carbocycles. The maximum atomic E-state index is 12.2. The third-order valence-corrected chi connectivity index (χ3v) is 3.76. The predicted molar refractivity (Wildman–Crippen MR) is 77.0 cm³/mol. The normalized spacial score (nSPS) is 14.1. The zero-order chi connectivity index (χ0) is 13.9. The first kappa shape index (κ1) is 12.8. The van der Waals surface area contributed by atoms with E-state index in [4.69, 9.17) is 10.2 Å². The Bertz CT molecular complexity index is 605. The lowest BCUT2D eigenvalue weighted by Gasteiger charge is -2.29. The van der Waals surface area contributed by atoms with Crippen molar-refractivity contribution in [1.82, 2.24) is 4.90 Å². The molecule has 2 aromatic rings. The maximum absolute atomic E-state index is 12.2. The standard InChI is InChI=1S/C16H18N2O2/c17-14-4-3-12-7-8-18(11-13(12)10-14)16(19)6-5-15-2-1-9-20-15/h1-4,9-10H,5-8,11,17H2. The molecule has 104 valence electrons. The van der Waals surface area contributed by atoms with Crippen LogP contribution >= 0.6 is 0 Å². The molecule has 20 heavy (non-hydrogen) atoms. The van der Waals surface area contributed by atoms with E-state index in [2.05, 4.69) is 6.07 Å². The van der Waals surface area contributed by atoms with Gasteiger partial charge in [-0.1, -0.05) is 6.07 Å². The van der Waals surface area contributed by atoms with Crippen LogP contribution in [0, 0.1) is 0 Å². The number of hydrogen-bond acceptors (Lipinski definition) is 3. The molecule has 1 aliphatic heterocycles. The molecular formula is C16H18N2O2. The molecule has 0 aliphatic carbocycles. The van der Waals surface area contributed by atoms with Gasteiger partial charge in [-0.25, -0.2) is 0 Å². The summed E-state index contributed by atoms with van der Waals surface area (Å²) in [6.07, 6.45) is 3.69. The van der Waals surface area contributed by atoms with Gasteiger partial charge >= 0.3 is 0 Å². The number of fused-ring (bicyclic) bond motifs is 1. The van der Waals surface area contributed by atoms with Crippen molar-refractivity contribution in [3.63, 3.8) is 0 Å². The third-order valence-electron chi connectivity index (χ3n) is 3.76. The van der Waals surface area contributed by atoms with Gasteiger partial charge in [0.1, 0.15) is 5.76 Å². The average molecular weight is 270 g/mol. The van der Waals surface area contributed by atoms with Gasteiger partial charge in [-0.15, -0.1) is 0 Å². The van der Waals surface area contributed by atoms with Crippen LogP contribution in [-0.2, 0) is 24.2 Å². The Kier molecular flexibility index (Phi) is 3.46. The number of carbonyl (C=O) groups excluding carboxylic acids is 1. The molecule has 0 saturated heterocycles. The molecule has 0 radical (unpaired) electrons. The summed E-state index contributed by atoms with van der Waals surface area (Å²) in [5.41, 5.74) is 9.04. The minimum absolute atomic E-state index is 0.175. The Morgan fingerprint density at radius 2 is 2.20 bits per heavy atom. The van der Waals surface area contributed by atoms with Gasteiger partial charge in [0.05, 0.1) is 6.26 Å². The lowest BCUT2D eigenvalue weighted by molar-refractivity contribution is -0.132. The number of anilines is 1. The molecule has 0 bridgehead atoms. The number of nitrogens with two attached hydrogens (primary N) is 1. The van der Waals surface area contributed by atoms with Crippen LogP contribution in [0.4, 0.5) is 5.69 Å². The highest BCUT2D eigenvalue weighted by atomic mass is 16.3. The van der Waals surface area contributed by atoms with Gasteiger partial charge < -0.3 is 15.1 Å². The minimum atomic E-state index is 0.175. The maximum Gasteiger partial charge on any atom is 0.223 e. The highest BCUT2D eigenvalue weighted by Crippen LogP contribution is 2.22. The van der Waals surface area contributed by atoms with E-state index in [0.29, 0.717) is 19.4 Å². The van der Waals surface area contributed by atoms with E-state index >= 15 is 0 Å². The molecule has 2 N–H and O–H groups in total. The first-order valence-corrected chi connectivity index (χ1v) is 6.90. The Hall–Kier alpha value is -2.23. The van der Waals surface area contributed by atoms with Crippen molar-refractivity contribution in [3.05, 3.63) is 53.5 Å². The lowest BCUT2D eigenvalue weighted by Crippen LogP contribution is -2.36. The summed E-state index contributed by atoms with van der Waals surface area (Å²) in [6, 6.07) is 9.71. The molecule has 1 aliphatic rings. The molecule has 1 aromatic carbocycles. The number of nitrogens with zero attached hydrogens (tertiary/aromatic N) is 1. The fourth-order valence-electron chi connectivity index (χ4n) is 2.63. The van der Waals surface area contributed by atoms with Crippen LogP contribution in [0.3, 0.4) is 0 Å². The van der Waals surface area contributed by atoms with Crippen molar-refractivity contribution in [1.29, 1.82) is 0 Å². The fourth-order valence-corrected chi connectivity index (χ4v) is 2.63. The number of hydrogen-bond donors (Lipinski definition) is 1. The largest absolute Gasteiger partial charge is 0.469 e. The van der Waals surface area contributed by atoms with Gasteiger partial charge in [-0.3, -0.25) is 4.79 Å². The Balaban J connectivity index is 1.62. The fraction of sp³-hybridized carbons (Fsp3) is 0.312. The van der Waals surface area contributed by atoms with Gasteiger partial charge in [0.15, 0.2) is 0 Å². The van der Waals surface area contributed by atoms with Crippen molar-refractivity contribution in [2.75, 3.05) is 12.3 Å². The van der Waals surface area contributed by atoms with Crippen LogP contribution in [0.15, 0.2) is 41.0 Å². The van der Waals surface area contributed by atoms with Gasteiger partial charge in [0, 0.05) is 31.6 Å². The summed E-state index contributed by atoms with van der Waals surface area (Å²) in [4.78, 5) is 14.1. The second kappa shape index (κ2) is 5.41. The highest BCUT2D eigenvalue weighted by Gasteiger charge is 2.20. The molecule has 4 nitrogen and oxygen atoms in total. The second-order valence-corrected chi connectivity index (χ2v) is 5.17. The van der Waals surface area contributed by atoms with Crippen LogP contribution in [-0.4, -0.2) is 17.4 Å². The van der Waals surface area contributed by atoms with Crippen LogP contribution < -0.4 is 5.73 Å². The number of carbonyl (C=O) groups is 1. The van der Waals surface area contributed by atoms with Crippen LogP contribution in [0.5, 0.6) is 0 Å². The van der Waals surface area contributed by atoms with E-state index in [-0.39, 0.29) is 5.91 Å². The smallest absolute Gasteiger partial charge is 0.223 e. The minimum Gasteiger partial charge on any atom is -0.469 e. The summed E-state index contributed by atoms with van der Waals surface area (Å²) in [5, 5.41) is 0. The first-order valence-electron chi connectivity index (χ1n) is 6.90. The van der Waals surface area contributed by atoms with Crippen LogP contribution in [0.2, 0.25) is 0 Å². The van der Waals surface area contributed by atoms with E-state index < -0.39 is 0 Å². The molecule has 0 spiro atoms. The van der Waals surface area contributed by atoms with Crippen LogP contribution in [0.1, 0.15) is 23.3 Å². The molecule has 0 atom stereocenters. The summed E-state index contributed by atoms with van der Waals surface area (Å²) in [7, 11) is 0. The Labute approximate surface area is 118 Å². The molecule has 0 fully saturated rings. The van der Waals surface area contributed by atoms with Crippen molar-refractivity contribution in [2.45, 2.75) is 25.8 Å². The number of benzene rings is 1. The molecule has 2 heterocycles. The number of rotatable bonds is 3. The van der Waals surface area contributed by atoms with E-state index in [1.807, 2.05) is 29.2 Å². The summed E-state index contributed by atoms with van der Waals surface area (Å²) < 4.78 is 5.26. The monoisotopic (exact) mass is 270 g/mol. The molecule has 4 heteroatoms. The van der Waals surface area contributed by atoms with E-state index in [1.165, 1.54) is 11.1 Å². The molecule has 1 amide bonds. The van der Waals surface area contributed by atoms with Gasteiger partial charge in [0.2, 0.25) is 5.91 Å². The molecule has 3 rings (SSSR count). The van der Waals surface area contributed by atoms with Gasteiger partial charge in [0.25, 0.3) is 0 Å². The number of nitrogen functional groups attached to an aromatic ring is 1. The topological polar surface area (TPSA) is 59.5 Å². The Morgan fingerprint density at radius 1 is 1.30 bits per heavy atom. The first-order chi connectivity index (χ1) is 9.72. The van der Waals surface area contributed by atoms with Crippen molar-refractivity contribution >= 4 is 11.6 Å². The van der Waals surface area contributed by atoms with E-state index in [0.717, 1.165) is 24.4 Å². The quantitative estimate of drug-likeness (QED) is 0.871. The van der Waals surface area contributed by atoms with Crippen molar-refractivity contribution < 1.29 is 9.21 Å². The second-order valence-electron chi connectivity index (χ2n) is 5.17. The van der Waals surface area contributed by atoms with Crippen LogP contribution in [0.25, 0.3) is 0 Å². The SMILES string of the molecule is Nc1ccc2c(c1)CN(C(=O)CCc1ccco1)CC2. The van der Waals surface area contributed by atoms with E-state index in [9.17, 15) is 4.79 Å². The van der Waals surface area contributed by atoms with Crippen molar-refractivity contribution in [2.24, 2.45) is 0 Å². The molecular weight excluding hydrogens is 252 g/mol. The third kappa shape index (κ3) is 2.69. The molecule has 0 unspecified atom stereocenters. The van der Waals surface area contributed by atoms with E-state index in [1.54, 1.807) is 6.26 Å². The predicted octanol–water partition coefficient (Wildman–Crippen LogP) is 2.38. The summed E-state index contributed by atoms with van der Waals surface area (Å²) in [5.74, 6) is 1.04. The summed E-state index contributed by atoms with van der Waals surface area (Å²) >= 11 is 0. The Morgan fingerprint density at radius 3 is 3.00 bits per heavy atom. The van der Waals surface area contributed by atoms with Gasteiger partial charge in [-0.05, 0) is 41.8 Å². The number of amides is 1. The summed E-state index contributed by atoms with van der Waals surface area (Å²) in [6.45, 7) is 1.45. The average Bonchev–Trinajstić information content (AvgIpc) is 2.97. The molecule has 1 aromatic heterocycles. The lowest BCUT2D eigenvalue weighted by atomic mass is 9.99. The number of aryl methyl sites for hydroxylation is 1.